The van der Waals surface area contributed by atoms with Gasteiger partial charge in [0.15, 0.2) is 0 Å². The molecule has 4 heteroatoms. The van der Waals surface area contributed by atoms with E-state index in [1.807, 2.05) is 0 Å². The minimum absolute atomic E-state index is 0.150. The highest BCUT2D eigenvalue weighted by molar-refractivity contribution is 14.1. The number of rotatable bonds is 2. The van der Waals surface area contributed by atoms with Crippen molar-refractivity contribution in [2.75, 3.05) is 4.61 Å². The van der Waals surface area contributed by atoms with Crippen LogP contribution >= 0.6 is 31.3 Å². The fourth-order valence-electron chi connectivity index (χ4n) is 0.0315. The Hall–Kier alpha value is 1.18. The van der Waals surface area contributed by atoms with Crippen LogP contribution in [0.15, 0.2) is 0 Å². The summed E-state index contributed by atoms with van der Waals surface area (Å²) in [4.78, 5) is 0. The second-order valence-corrected chi connectivity index (χ2v) is 1.52. The summed E-state index contributed by atoms with van der Waals surface area (Å²) in [7, 11) is 5.09. The number of alkyl halides is 1. The highest BCUT2D eigenvalue weighted by Crippen LogP contribution is 2.02. The molecule has 1 atom stereocenters. The predicted molar refractivity (Wildman–Crippen MR) is 34.0 cm³/mol. The lowest BCUT2D eigenvalue weighted by Gasteiger charge is -1.85. The summed E-state index contributed by atoms with van der Waals surface area (Å²) in [6.45, 7) is 0. The molecule has 0 saturated heterocycles. The topological polar surface area (TPSA) is 9.23 Å². The molecule has 5 heavy (non-hydrogen) atoms. The molecule has 0 aromatic heterocycles. The lowest BCUT2D eigenvalue weighted by Crippen LogP contribution is -1.63. The van der Waals surface area contributed by atoms with Crippen LogP contribution in [0.1, 0.15) is 0 Å². The Balaban J connectivity index is 2.19. The highest BCUT2D eigenvalue weighted by Gasteiger charge is 1.65. The van der Waals surface area contributed by atoms with E-state index in [9.17, 15) is 0 Å². The van der Waals surface area contributed by atoms with Gasteiger partial charge in [-0.05, 0) is 8.69 Å². The molecule has 28 valence electrons. The first-order valence-corrected chi connectivity index (χ1v) is 3.56. The average Bonchev–Trinajstić information content (AvgIpc) is 1.41. The lowest BCUT2D eigenvalue weighted by atomic mass is 10.8. The molecule has 0 spiro atoms. The first-order chi connectivity index (χ1) is 2.41. The summed E-state index contributed by atoms with van der Waals surface area (Å²) in [6.07, 6.45) is 0. The van der Waals surface area contributed by atoms with E-state index in [1.165, 1.54) is 0 Å². The monoisotopic (exact) mass is 200 g/mol. The fraction of sp³-hybridized carbons (Fsp3) is 1.00. The highest BCUT2D eigenvalue weighted by atomic mass is 127. The summed E-state index contributed by atoms with van der Waals surface area (Å²) in [5, 5.41) is 0. The van der Waals surface area contributed by atoms with Crippen LogP contribution in [0.4, 0.5) is 0 Å². The van der Waals surface area contributed by atoms with E-state index in [4.69, 9.17) is 7.57 Å². The van der Waals surface area contributed by atoms with Crippen molar-refractivity contribution < 1.29 is 4.52 Å². The van der Waals surface area contributed by atoms with Crippen molar-refractivity contribution in [1.29, 1.82) is 0 Å². The van der Waals surface area contributed by atoms with Crippen molar-refractivity contribution in [1.82, 2.24) is 0 Å². The van der Waals surface area contributed by atoms with E-state index >= 15 is 0 Å². The van der Waals surface area contributed by atoms with Gasteiger partial charge < -0.3 is 4.52 Å². The first kappa shape index (κ1) is 6.18. The normalized spacial score (nSPS) is 10.6. The van der Waals surface area contributed by atoms with Crippen LogP contribution in [-0.2, 0) is 4.52 Å². The molecule has 1 unspecified atom stereocenters. The Labute approximate surface area is 48.2 Å². The molecule has 0 N–H and O–H groups in total. The Morgan fingerprint density at radius 2 is 2.60 bits per heavy atom. The molecule has 0 heterocycles. The molecule has 0 fully saturated rings. The van der Waals surface area contributed by atoms with Crippen molar-refractivity contribution in [3.8, 4) is 0 Å². The van der Waals surface area contributed by atoms with Gasteiger partial charge in [0.05, 0.1) is 0 Å². The zero-order chi connectivity index (χ0) is 4.12. The molecule has 0 saturated carbocycles. The standard InChI is InChI=1S/CH3BIOP/c2-5-4-1-3/h5H,1H2. The second kappa shape index (κ2) is 5.18. The Kier molecular flexibility index (Phi) is 6.41. The summed E-state index contributed by atoms with van der Waals surface area (Å²) >= 11 is 2.09. The molecule has 0 amide bonds. The van der Waals surface area contributed by atoms with Crippen LogP contribution in [0, 0.1) is 0 Å². The van der Waals surface area contributed by atoms with Crippen LogP contribution in [-0.4, -0.2) is 12.2 Å². The molecule has 0 aliphatic heterocycles. The van der Waals surface area contributed by atoms with Gasteiger partial charge in [0.2, 0.25) is 0 Å². The van der Waals surface area contributed by atoms with Crippen molar-refractivity contribution in [2.45, 2.75) is 0 Å². The van der Waals surface area contributed by atoms with Gasteiger partial charge >= 0.3 is 0 Å². The van der Waals surface area contributed by atoms with Crippen LogP contribution < -0.4 is 0 Å². The Morgan fingerprint density at radius 3 is 2.60 bits per heavy atom. The average molecular weight is 200 g/mol. The zero-order valence-electron chi connectivity index (χ0n) is 2.57. The maximum Gasteiger partial charge on any atom is 0.144 e. The zero-order valence-corrected chi connectivity index (χ0v) is 5.73. The molecule has 0 rings (SSSR count). The first-order valence-electron chi connectivity index (χ1n) is 1.05. The number of hydrogen-bond acceptors (Lipinski definition) is 1. The molecule has 0 aliphatic rings. The summed E-state index contributed by atoms with van der Waals surface area (Å²) in [5.74, 6) is 0. The largest absolute Gasteiger partial charge is 0.363 e. The lowest BCUT2D eigenvalue weighted by molar-refractivity contribution is 0.472. The van der Waals surface area contributed by atoms with E-state index in [2.05, 4.69) is 27.1 Å². The number of hydrogen-bond donors (Lipinski definition) is 0. The molecule has 0 aliphatic carbocycles. The maximum atomic E-state index is 4.94. The molecular weight excluding hydrogens is 197 g/mol. The van der Waals surface area contributed by atoms with Gasteiger partial charge in [-0.1, -0.05) is 22.6 Å². The smallest absolute Gasteiger partial charge is 0.144 e. The van der Waals surface area contributed by atoms with Gasteiger partial charge in [-0.3, -0.25) is 0 Å². The second-order valence-electron chi connectivity index (χ2n) is 0.371. The van der Waals surface area contributed by atoms with Gasteiger partial charge in [-0.2, -0.15) is 0 Å². The molecule has 0 bridgehead atoms. The molecule has 1 nitrogen and oxygen atoms in total. The quantitative estimate of drug-likeness (QED) is 0.280. The van der Waals surface area contributed by atoms with Crippen LogP contribution in [0.5, 0.6) is 0 Å². The molecule has 0 aromatic rings. The Bertz CT molecular complexity index is 19.1. The molecule has 0 aromatic carbocycles. The van der Waals surface area contributed by atoms with E-state index < -0.39 is 0 Å². The van der Waals surface area contributed by atoms with E-state index in [-0.39, 0.29) is 8.69 Å². The van der Waals surface area contributed by atoms with Crippen molar-refractivity contribution >= 4 is 38.8 Å². The van der Waals surface area contributed by atoms with Gasteiger partial charge in [-0.25, -0.2) is 0 Å². The third kappa shape index (κ3) is 5.18. The van der Waals surface area contributed by atoms with E-state index in [1.54, 1.807) is 0 Å². The third-order valence-electron chi connectivity index (χ3n) is 0.138. The van der Waals surface area contributed by atoms with Gasteiger partial charge in [0.1, 0.15) is 12.2 Å². The molecule has 2 radical (unpaired) electrons. The van der Waals surface area contributed by atoms with Crippen molar-refractivity contribution in [3.05, 3.63) is 0 Å². The minimum atomic E-state index is 0.150. The molecular formula is CH3BIOP. The predicted octanol–water partition coefficient (Wildman–Crippen LogP) is 1.07. The SMILES string of the molecule is [B]POCI. The number of halogens is 1. The van der Waals surface area contributed by atoms with Gasteiger partial charge in [0, 0.05) is 0 Å². The van der Waals surface area contributed by atoms with Crippen LogP contribution in [0.25, 0.3) is 0 Å². The van der Waals surface area contributed by atoms with Crippen LogP contribution in [0.2, 0.25) is 0 Å². The Morgan fingerprint density at radius 1 is 2.00 bits per heavy atom. The van der Waals surface area contributed by atoms with Crippen molar-refractivity contribution in [3.63, 3.8) is 0 Å². The maximum absolute atomic E-state index is 4.94. The van der Waals surface area contributed by atoms with Crippen molar-refractivity contribution in [2.24, 2.45) is 0 Å². The third-order valence-corrected chi connectivity index (χ3v) is 1.35. The van der Waals surface area contributed by atoms with E-state index in [0.29, 0.717) is 4.61 Å². The van der Waals surface area contributed by atoms with Gasteiger partial charge in [-0.15, -0.1) is 0 Å². The summed E-state index contributed by atoms with van der Waals surface area (Å²) in [6, 6.07) is 0. The van der Waals surface area contributed by atoms with Crippen LogP contribution in [0.3, 0.4) is 0 Å². The summed E-state index contributed by atoms with van der Waals surface area (Å²) < 4.78 is 5.33. The van der Waals surface area contributed by atoms with Gasteiger partial charge in [0.25, 0.3) is 0 Å². The summed E-state index contributed by atoms with van der Waals surface area (Å²) in [5.41, 5.74) is 0. The minimum Gasteiger partial charge on any atom is -0.363 e. The fourth-order valence-corrected chi connectivity index (χ4v) is 0.634. The van der Waals surface area contributed by atoms with E-state index in [0.717, 1.165) is 0 Å².